The number of hydrogen-bond acceptors (Lipinski definition) is 3. The molecule has 0 aromatic rings. The zero-order valence-electron chi connectivity index (χ0n) is 8.09. The minimum atomic E-state index is 0. The third-order valence-corrected chi connectivity index (χ3v) is 3.77. The van der Waals surface area contributed by atoms with E-state index in [9.17, 15) is 4.79 Å². The van der Waals surface area contributed by atoms with Crippen molar-refractivity contribution in [2.75, 3.05) is 12.8 Å². The first kappa shape index (κ1) is 12.2. The molecule has 0 aromatic carbocycles. The Morgan fingerprint density at radius 3 is 2.50 bits per heavy atom. The van der Waals surface area contributed by atoms with Crippen molar-refractivity contribution in [3.8, 4) is 0 Å². The van der Waals surface area contributed by atoms with E-state index in [-0.39, 0.29) is 12.6 Å². The van der Waals surface area contributed by atoms with E-state index < -0.39 is 0 Å². The van der Waals surface area contributed by atoms with Gasteiger partial charge in [0.15, 0.2) is 0 Å². The van der Waals surface area contributed by atoms with Crippen molar-refractivity contribution in [3.05, 3.63) is 0 Å². The van der Waals surface area contributed by atoms with Crippen molar-refractivity contribution < 1.29 is 6.22 Å². The fourth-order valence-electron chi connectivity index (χ4n) is 0.836. The molecule has 0 aliphatic carbocycles. The number of nitrogens with one attached hydrogen (secondary N) is 1. The first-order chi connectivity index (χ1) is 5.63. The van der Waals surface area contributed by atoms with E-state index >= 15 is 0 Å². The van der Waals surface area contributed by atoms with Gasteiger partial charge in [-0.1, -0.05) is 35.4 Å². The summed E-state index contributed by atoms with van der Waals surface area (Å²) < 4.78 is 0. The first-order valence-electron chi connectivity index (χ1n) is 4.10. The van der Waals surface area contributed by atoms with E-state index in [1.165, 1.54) is 0 Å². The molecular formula is C8H19NOS2. The summed E-state index contributed by atoms with van der Waals surface area (Å²) in [4.78, 5) is 11.4. The summed E-state index contributed by atoms with van der Waals surface area (Å²) in [5.41, 5.74) is 0. The van der Waals surface area contributed by atoms with Crippen molar-refractivity contribution in [3.63, 3.8) is 0 Å². The van der Waals surface area contributed by atoms with Crippen LogP contribution in [0.3, 0.4) is 0 Å². The Hall–Kier alpha value is 0.170. The highest BCUT2D eigenvalue weighted by Crippen LogP contribution is 2.28. The molecule has 0 aliphatic heterocycles. The van der Waals surface area contributed by atoms with Gasteiger partial charge in [0, 0.05) is 7.97 Å². The number of hydrogen-bond donors (Lipinski definition) is 1. The highest BCUT2D eigenvalue weighted by Gasteiger charge is 2.21. The molecule has 0 saturated heterocycles. The van der Waals surface area contributed by atoms with Gasteiger partial charge < -0.3 is 5.32 Å². The lowest BCUT2D eigenvalue weighted by atomic mass is 10.1. The summed E-state index contributed by atoms with van der Waals surface area (Å²) in [5.74, 6) is 0.556. The van der Waals surface area contributed by atoms with Gasteiger partial charge in [-0.25, -0.2) is 0 Å². The number of carbonyl (C=O) groups excluding carboxylic acids is 1. The van der Waals surface area contributed by atoms with Gasteiger partial charge in [-0.15, -0.1) is 0 Å². The topological polar surface area (TPSA) is 29.1 Å². The maximum Gasteiger partial charge on any atom is 0.234 e. The minimum Gasteiger partial charge on any atom is -0.355 e. The van der Waals surface area contributed by atoms with Crippen LogP contribution in [0.15, 0.2) is 0 Å². The summed E-state index contributed by atoms with van der Waals surface area (Å²) in [7, 11) is 3.29. The molecule has 0 rings (SSSR count). The van der Waals surface area contributed by atoms with Crippen LogP contribution in [0.5, 0.6) is 0 Å². The van der Waals surface area contributed by atoms with Crippen LogP contribution < -0.4 is 5.32 Å². The van der Waals surface area contributed by atoms with Gasteiger partial charge in [-0.05, 0) is 19.1 Å². The SMILES string of the molecule is CCNC(=O)[C@H](SSC)C(C)C.[HH]. The Labute approximate surface area is 84.1 Å². The number of carbonyl (C=O) groups is 1. The van der Waals surface area contributed by atoms with Gasteiger partial charge in [-0.2, -0.15) is 0 Å². The van der Waals surface area contributed by atoms with Crippen LogP contribution in [0, 0.1) is 5.92 Å². The maximum atomic E-state index is 11.4. The Bertz CT molecular complexity index is 144. The fourth-order valence-corrected chi connectivity index (χ4v) is 2.99. The number of amides is 1. The summed E-state index contributed by atoms with van der Waals surface area (Å²) in [5, 5.41) is 2.92. The van der Waals surface area contributed by atoms with Gasteiger partial charge in [0.1, 0.15) is 0 Å². The lowest BCUT2D eigenvalue weighted by molar-refractivity contribution is -0.121. The molecule has 0 aliphatic rings. The molecule has 1 amide bonds. The molecule has 0 saturated carbocycles. The Morgan fingerprint density at radius 1 is 1.58 bits per heavy atom. The van der Waals surface area contributed by atoms with Crippen molar-refractivity contribution >= 4 is 27.5 Å². The van der Waals surface area contributed by atoms with Gasteiger partial charge in [0.2, 0.25) is 5.91 Å². The molecule has 0 radical (unpaired) electrons. The molecular weight excluding hydrogens is 190 g/mol. The van der Waals surface area contributed by atoms with Crippen LogP contribution in [0.1, 0.15) is 22.2 Å². The first-order valence-corrected chi connectivity index (χ1v) is 6.72. The van der Waals surface area contributed by atoms with Crippen LogP contribution in [0.2, 0.25) is 0 Å². The van der Waals surface area contributed by atoms with Crippen molar-refractivity contribution in [1.29, 1.82) is 0 Å². The molecule has 0 fully saturated rings. The lowest BCUT2D eigenvalue weighted by Crippen LogP contribution is -2.35. The average molecular weight is 209 g/mol. The minimum absolute atomic E-state index is 0. The Kier molecular flexibility index (Phi) is 6.76. The molecule has 1 N–H and O–H groups in total. The summed E-state index contributed by atoms with van der Waals surface area (Å²) in [6.45, 7) is 6.81. The monoisotopic (exact) mass is 209 g/mol. The summed E-state index contributed by atoms with van der Waals surface area (Å²) in [6.07, 6.45) is 2.00. The van der Waals surface area contributed by atoms with E-state index in [4.69, 9.17) is 0 Å². The molecule has 2 nitrogen and oxygen atoms in total. The van der Waals surface area contributed by atoms with Crippen LogP contribution in [0.25, 0.3) is 0 Å². The quantitative estimate of drug-likeness (QED) is 0.705. The van der Waals surface area contributed by atoms with Crippen LogP contribution >= 0.6 is 21.6 Å². The third-order valence-electron chi connectivity index (χ3n) is 1.41. The smallest absolute Gasteiger partial charge is 0.234 e. The van der Waals surface area contributed by atoms with Gasteiger partial charge in [0.25, 0.3) is 0 Å². The highest BCUT2D eigenvalue weighted by atomic mass is 33.1. The molecule has 0 aromatic heterocycles. The zero-order chi connectivity index (χ0) is 9.56. The van der Waals surface area contributed by atoms with Gasteiger partial charge in [0.05, 0.1) is 5.25 Å². The highest BCUT2D eigenvalue weighted by molar-refractivity contribution is 8.76. The normalized spacial score (nSPS) is 13.1. The second kappa shape index (κ2) is 6.66. The van der Waals surface area contributed by atoms with Crippen LogP contribution in [0.4, 0.5) is 0 Å². The van der Waals surface area contributed by atoms with Gasteiger partial charge in [-0.3, -0.25) is 4.79 Å². The molecule has 74 valence electrons. The molecule has 0 spiro atoms. The Morgan fingerprint density at radius 2 is 2.17 bits per heavy atom. The van der Waals surface area contributed by atoms with Gasteiger partial charge >= 0.3 is 0 Å². The molecule has 0 unspecified atom stereocenters. The predicted molar refractivity (Wildman–Crippen MR) is 60.5 cm³/mol. The summed E-state index contributed by atoms with van der Waals surface area (Å²) in [6, 6.07) is 0. The lowest BCUT2D eigenvalue weighted by Gasteiger charge is -2.17. The fraction of sp³-hybridized carbons (Fsp3) is 0.875. The van der Waals surface area contributed by atoms with Crippen molar-refractivity contribution in [1.82, 2.24) is 5.32 Å². The largest absolute Gasteiger partial charge is 0.355 e. The zero-order valence-corrected chi connectivity index (χ0v) is 9.72. The standard InChI is InChI=1S/C8H17NOS2.H2/c1-5-9-8(10)7(6(2)3)12-11-4;/h6-7H,5H2,1-4H3,(H,9,10);1H/t7-;/m1./s1. The summed E-state index contributed by atoms with van der Waals surface area (Å²) >= 11 is 0. The van der Waals surface area contributed by atoms with Crippen molar-refractivity contribution in [2.24, 2.45) is 5.92 Å². The molecule has 12 heavy (non-hydrogen) atoms. The molecule has 0 heterocycles. The van der Waals surface area contributed by atoms with Crippen molar-refractivity contribution in [2.45, 2.75) is 26.0 Å². The predicted octanol–water partition coefficient (Wildman–Crippen LogP) is 2.40. The van der Waals surface area contributed by atoms with Crippen LogP contribution in [-0.4, -0.2) is 24.0 Å². The average Bonchev–Trinajstić information content (AvgIpc) is 1.99. The van der Waals surface area contributed by atoms with E-state index in [0.717, 1.165) is 6.54 Å². The third kappa shape index (κ3) is 4.26. The maximum absolute atomic E-state index is 11.4. The Balaban J connectivity index is 0. The molecule has 1 atom stereocenters. The molecule has 4 heteroatoms. The van der Waals surface area contributed by atoms with E-state index in [1.54, 1.807) is 21.6 Å². The second-order valence-electron chi connectivity index (χ2n) is 2.82. The second-order valence-corrected chi connectivity index (χ2v) is 5.43. The van der Waals surface area contributed by atoms with Crippen LogP contribution in [-0.2, 0) is 4.79 Å². The number of rotatable bonds is 5. The molecule has 0 bridgehead atoms. The van der Waals surface area contributed by atoms with E-state index in [1.807, 2.05) is 13.2 Å². The van der Waals surface area contributed by atoms with E-state index in [0.29, 0.717) is 5.92 Å². The van der Waals surface area contributed by atoms with E-state index in [2.05, 4.69) is 19.2 Å².